The van der Waals surface area contributed by atoms with E-state index in [1.54, 1.807) is 19.5 Å². The van der Waals surface area contributed by atoms with Crippen molar-refractivity contribution in [2.24, 2.45) is 0 Å². The lowest BCUT2D eigenvalue weighted by Gasteiger charge is -2.26. The minimum Gasteiger partial charge on any atom is -0.495 e. The molecule has 0 radical (unpaired) electrons. The molecule has 30 heavy (non-hydrogen) atoms. The van der Waals surface area contributed by atoms with Gasteiger partial charge in [0.1, 0.15) is 17.6 Å². The molecule has 3 heterocycles. The molecular weight excluding hydrogens is 378 g/mol. The summed E-state index contributed by atoms with van der Waals surface area (Å²) in [5.74, 6) is 1.96. The SMILES string of the molecule is COc1ccc(C)cc1NC(=O)C1CCCN1c1cc(C)nc(-c2cccnc2)n1. The van der Waals surface area contributed by atoms with E-state index in [1.807, 2.05) is 50.2 Å². The normalized spacial score (nSPS) is 15.8. The highest BCUT2D eigenvalue weighted by atomic mass is 16.5. The number of anilines is 2. The van der Waals surface area contributed by atoms with E-state index < -0.39 is 0 Å². The zero-order chi connectivity index (χ0) is 21.1. The zero-order valence-electron chi connectivity index (χ0n) is 17.4. The average molecular weight is 403 g/mol. The van der Waals surface area contributed by atoms with Gasteiger partial charge in [0.05, 0.1) is 12.8 Å². The molecule has 1 aliphatic rings. The second-order valence-corrected chi connectivity index (χ2v) is 7.48. The van der Waals surface area contributed by atoms with Crippen LogP contribution in [-0.2, 0) is 4.79 Å². The van der Waals surface area contributed by atoms with Crippen LogP contribution in [0.5, 0.6) is 5.75 Å². The van der Waals surface area contributed by atoms with Crippen molar-refractivity contribution in [3.8, 4) is 17.1 Å². The van der Waals surface area contributed by atoms with Gasteiger partial charge in [-0.3, -0.25) is 9.78 Å². The second-order valence-electron chi connectivity index (χ2n) is 7.48. The van der Waals surface area contributed by atoms with Gasteiger partial charge in [-0.25, -0.2) is 9.97 Å². The molecule has 1 atom stereocenters. The van der Waals surface area contributed by atoms with Crippen LogP contribution < -0.4 is 15.0 Å². The molecule has 0 saturated carbocycles. The van der Waals surface area contributed by atoms with Gasteiger partial charge in [0.25, 0.3) is 0 Å². The highest BCUT2D eigenvalue weighted by molar-refractivity contribution is 5.98. The molecule has 1 saturated heterocycles. The minimum absolute atomic E-state index is 0.0596. The topological polar surface area (TPSA) is 80.2 Å². The van der Waals surface area contributed by atoms with Gasteiger partial charge in [-0.2, -0.15) is 0 Å². The molecule has 3 aromatic rings. The number of hydrogen-bond acceptors (Lipinski definition) is 6. The predicted octanol–water partition coefficient (Wildman–Crippen LogP) is 3.77. The molecular formula is C23H25N5O2. The van der Waals surface area contributed by atoms with Gasteiger partial charge in [0, 0.05) is 36.3 Å². The number of aromatic nitrogens is 3. The number of nitrogens with zero attached hydrogens (tertiary/aromatic N) is 4. The van der Waals surface area contributed by atoms with E-state index in [1.165, 1.54) is 0 Å². The third kappa shape index (κ3) is 4.10. The van der Waals surface area contributed by atoms with Crippen molar-refractivity contribution in [3.63, 3.8) is 0 Å². The molecule has 1 unspecified atom stereocenters. The quantitative estimate of drug-likeness (QED) is 0.698. The first-order valence-corrected chi connectivity index (χ1v) is 10.0. The molecule has 7 heteroatoms. The van der Waals surface area contributed by atoms with Gasteiger partial charge in [0.15, 0.2) is 5.82 Å². The smallest absolute Gasteiger partial charge is 0.247 e. The van der Waals surface area contributed by atoms with E-state index in [4.69, 9.17) is 9.72 Å². The van der Waals surface area contributed by atoms with Crippen LogP contribution >= 0.6 is 0 Å². The molecule has 154 valence electrons. The summed E-state index contributed by atoms with van der Waals surface area (Å²) < 4.78 is 5.40. The van der Waals surface area contributed by atoms with Crippen LogP contribution in [0, 0.1) is 13.8 Å². The second kappa shape index (κ2) is 8.49. The largest absolute Gasteiger partial charge is 0.495 e. The van der Waals surface area contributed by atoms with E-state index >= 15 is 0 Å². The molecule has 0 spiro atoms. The average Bonchev–Trinajstić information content (AvgIpc) is 3.24. The Balaban J connectivity index is 1.60. The summed E-state index contributed by atoms with van der Waals surface area (Å²) in [4.78, 5) is 28.7. The predicted molar refractivity (Wildman–Crippen MR) is 117 cm³/mol. The number of aryl methyl sites for hydroxylation is 2. The maximum absolute atomic E-state index is 13.2. The van der Waals surface area contributed by atoms with Crippen molar-refractivity contribution in [1.82, 2.24) is 15.0 Å². The van der Waals surface area contributed by atoms with E-state index in [0.29, 0.717) is 17.3 Å². The molecule has 7 nitrogen and oxygen atoms in total. The number of pyridine rings is 1. The Morgan fingerprint density at radius 2 is 2.07 bits per heavy atom. The van der Waals surface area contributed by atoms with E-state index in [2.05, 4.69) is 20.2 Å². The van der Waals surface area contributed by atoms with E-state index in [0.717, 1.165) is 42.0 Å². The van der Waals surface area contributed by atoms with Gasteiger partial charge < -0.3 is 15.0 Å². The minimum atomic E-state index is -0.300. The Morgan fingerprint density at radius 1 is 1.20 bits per heavy atom. The first-order chi connectivity index (χ1) is 14.5. The number of rotatable bonds is 5. The highest BCUT2D eigenvalue weighted by Gasteiger charge is 2.32. The van der Waals surface area contributed by atoms with E-state index in [-0.39, 0.29) is 11.9 Å². The van der Waals surface area contributed by atoms with Crippen LogP contribution in [0.2, 0.25) is 0 Å². The summed E-state index contributed by atoms with van der Waals surface area (Å²) in [7, 11) is 1.60. The molecule has 2 aromatic heterocycles. The van der Waals surface area contributed by atoms with Crippen LogP contribution in [0.4, 0.5) is 11.5 Å². The number of benzene rings is 1. The van der Waals surface area contributed by atoms with Crippen molar-refractivity contribution in [3.05, 3.63) is 60.0 Å². The van der Waals surface area contributed by atoms with Gasteiger partial charge in [-0.1, -0.05) is 6.07 Å². The van der Waals surface area contributed by atoms with Crippen LogP contribution in [0.15, 0.2) is 48.8 Å². The van der Waals surface area contributed by atoms with Gasteiger partial charge in [-0.15, -0.1) is 0 Å². The van der Waals surface area contributed by atoms with Crippen molar-refractivity contribution in [1.29, 1.82) is 0 Å². The fraction of sp³-hybridized carbons (Fsp3) is 0.304. The Labute approximate surface area is 176 Å². The third-order valence-electron chi connectivity index (χ3n) is 5.22. The Bertz CT molecular complexity index is 1050. The summed E-state index contributed by atoms with van der Waals surface area (Å²) in [6.07, 6.45) is 5.16. The fourth-order valence-corrected chi connectivity index (χ4v) is 3.77. The van der Waals surface area contributed by atoms with Gasteiger partial charge in [0.2, 0.25) is 5.91 Å². The molecule has 0 bridgehead atoms. The van der Waals surface area contributed by atoms with Crippen LogP contribution in [-0.4, -0.2) is 40.6 Å². The number of nitrogens with one attached hydrogen (secondary N) is 1. The standard InChI is InChI=1S/C23H25N5O2/c1-15-8-9-20(30-3)18(12-15)26-23(29)19-7-5-11-28(19)21-13-16(2)25-22(27-21)17-6-4-10-24-14-17/h4,6,8-10,12-14,19H,5,7,11H2,1-3H3,(H,26,29). The fourth-order valence-electron chi connectivity index (χ4n) is 3.77. The third-order valence-corrected chi connectivity index (χ3v) is 5.22. The van der Waals surface area contributed by atoms with Crippen molar-refractivity contribution in [2.45, 2.75) is 32.7 Å². The lowest BCUT2D eigenvalue weighted by molar-refractivity contribution is -0.117. The summed E-state index contributed by atoms with van der Waals surface area (Å²) in [6, 6.07) is 11.2. The van der Waals surface area contributed by atoms with Crippen molar-refractivity contribution < 1.29 is 9.53 Å². The van der Waals surface area contributed by atoms with Gasteiger partial charge in [-0.05, 0) is 56.5 Å². The summed E-state index contributed by atoms with van der Waals surface area (Å²) in [6.45, 7) is 4.69. The lowest BCUT2D eigenvalue weighted by Crippen LogP contribution is -2.40. The maximum Gasteiger partial charge on any atom is 0.247 e. The van der Waals surface area contributed by atoms with Crippen LogP contribution in [0.1, 0.15) is 24.1 Å². The number of amides is 1. The molecule has 1 aliphatic heterocycles. The summed E-state index contributed by atoms with van der Waals surface area (Å²) in [5.41, 5.74) is 3.45. The lowest BCUT2D eigenvalue weighted by atomic mass is 10.1. The number of hydrogen-bond donors (Lipinski definition) is 1. The molecule has 4 rings (SSSR count). The van der Waals surface area contributed by atoms with Crippen LogP contribution in [0.3, 0.4) is 0 Å². The monoisotopic (exact) mass is 403 g/mol. The number of methoxy groups -OCH3 is 1. The first kappa shape index (κ1) is 19.8. The Hall–Kier alpha value is -3.48. The number of ether oxygens (including phenoxy) is 1. The van der Waals surface area contributed by atoms with E-state index in [9.17, 15) is 4.79 Å². The zero-order valence-corrected chi connectivity index (χ0v) is 17.4. The number of carbonyl (C=O) groups excluding carboxylic acids is 1. The molecule has 1 fully saturated rings. The Kier molecular flexibility index (Phi) is 5.61. The Morgan fingerprint density at radius 3 is 2.83 bits per heavy atom. The maximum atomic E-state index is 13.2. The molecule has 1 N–H and O–H groups in total. The van der Waals surface area contributed by atoms with Gasteiger partial charge >= 0.3 is 0 Å². The number of carbonyl (C=O) groups is 1. The first-order valence-electron chi connectivity index (χ1n) is 10.0. The van der Waals surface area contributed by atoms with Crippen LogP contribution in [0.25, 0.3) is 11.4 Å². The van der Waals surface area contributed by atoms with Crippen molar-refractivity contribution >= 4 is 17.4 Å². The highest BCUT2D eigenvalue weighted by Crippen LogP contribution is 2.30. The molecule has 1 amide bonds. The summed E-state index contributed by atoms with van der Waals surface area (Å²) in [5, 5.41) is 3.05. The molecule has 1 aromatic carbocycles. The molecule has 0 aliphatic carbocycles. The summed E-state index contributed by atoms with van der Waals surface area (Å²) >= 11 is 0. The van der Waals surface area contributed by atoms with Crippen molar-refractivity contribution in [2.75, 3.05) is 23.9 Å².